The second-order valence-electron chi connectivity index (χ2n) is 4.09. The SMILES string of the molecule is C=C=C(C)C(=O)C[C@H](CCC(=O)OC)C(=C)C. The van der Waals surface area contributed by atoms with Crippen molar-refractivity contribution < 1.29 is 14.3 Å². The average molecular weight is 236 g/mol. The predicted molar refractivity (Wildman–Crippen MR) is 67.5 cm³/mol. The minimum atomic E-state index is -0.264. The number of esters is 1. The standard InChI is InChI=1S/C14H20O3/c1-6-11(4)13(15)9-12(10(2)3)7-8-14(16)17-5/h12H,1-2,7-9H2,3-5H3/t12-/m0/s1. The number of Topliss-reactive ketones (excluding diaryl/α,β-unsaturated/α-hetero) is 1. The van der Waals surface area contributed by atoms with Crippen LogP contribution in [0.15, 0.2) is 30.0 Å². The molecular formula is C14H20O3. The number of rotatable bonds is 7. The molecule has 0 fully saturated rings. The molecule has 0 aliphatic rings. The molecule has 3 heteroatoms. The Morgan fingerprint density at radius 1 is 1.35 bits per heavy atom. The van der Waals surface area contributed by atoms with Crippen molar-refractivity contribution in [3.8, 4) is 0 Å². The Bertz CT molecular complexity index is 360. The van der Waals surface area contributed by atoms with Crippen LogP contribution in [0.1, 0.15) is 33.1 Å². The van der Waals surface area contributed by atoms with E-state index >= 15 is 0 Å². The summed E-state index contributed by atoms with van der Waals surface area (Å²) in [6, 6.07) is 0. The van der Waals surface area contributed by atoms with Gasteiger partial charge in [-0.15, -0.1) is 5.73 Å². The molecule has 0 heterocycles. The van der Waals surface area contributed by atoms with Gasteiger partial charge >= 0.3 is 5.97 Å². The van der Waals surface area contributed by atoms with Gasteiger partial charge in [0.25, 0.3) is 0 Å². The van der Waals surface area contributed by atoms with E-state index in [4.69, 9.17) is 0 Å². The normalized spacial score (nSPS) is 11.2. The molecule has 17 heavy (non-hydrogen) atoms. The van der Waals surface area contributed by atoms with E-state index in [0.717, 1.165) is 5.57 Å². The fourth-order valence-electron chi connectivity index (χ4n) is 1.39. The van der Waals surface area contributed by atoms with Gasteiger partial charge in [0.05, 0.1) is 7.11 Å². The molecule has 0 aliphatic heterocycles. The van der Waals surface area contributed by atoms with Crippen molar-refractivity contribution >= 4 is 11.8 Å². The van der Waals surface area contributed by atoms with E-state index in [2.05, 4.69) is 23.6 Å². The molecule has 0 spiro atoms. The van der Waals surface area contributed by atoms with Crippen LogP contribution in [0.4, 0.5) is 0 Å². The summed E-state index contributed by atoms with van der Waals surface area (Å²) in [5.74, 6) is -0.262. The van der Waals surface area contributed by atoms with Crippen LogP contribution in [0.25, 0.3) is 0 Å². The van der Waals surface area contributed by atoms with Crippen molar-refractivity contribution in [1.29, 1.82) is 0 Å². The zero-order chi connectivity index (χ0) is 13.4. The van der Waals surface area contributed by atoms with Gasteiger partial charge in [-0.05, 0) is 26.2 Å². The van der Waals surface area contributed by atoms with E-state index in [1.807, 2.05) is 6.92 Å². The molecular weight excluding hydrogens is 216 g/mol. The number of ketones is 1. The highest BCUT2D eigenvalue weighted by molar-refractivity contribution is 5.94. The van der Waals surface area contributed by atoms with Crippen LogP contribution in [0.5, 0.6) is 0 Å². The Kier molecular flexibility index (Phi) is 6.92. The topological polar surface area (TPSA) is 43.4 Å². The van der Waals surface area contributed by atoms with Crippen LogP contribution in [0, 0.1) is 5.92 Å². The van der Waals surface area contributed by atoms with E-state index in [1.165, 1.54) is 7.11 Å². The van der Waals surface area contributed by atoms with Crippen LogP contribution in [-0.2, 0) is 14.3 Å². The first-order valence-corrected chi connectivity index (χ1v) is 5.54. The molecule has 1 atom stereocenters. The smallest absolute Gasteiger partial charge is 0.305 e. The molecule has 0 aromatic heterocycles. The molecule has 0 aromatic carbocycles. The summed E-state index contributed by atoms with van der Waals surface area (Å²) in [6.45, 7) is 10.8. The maximum Gasteiger partial charge on any atom is 0.305 e. The monoisotopic (exact) mass is 236 g/mol. The van der Waals surface area contributed by atoms with Gasteiger partial charge in [0.15, 0.2) is 5.78 Å². The first-order chi connectivity index (χ1) is 7.92. The number of carbonyl (C=O) groups is 2. The number of ether oxygens (including phenoxy) is 1. The number of hydrogen-bond donors (Lipinski definition) is 0. The molecule has 0 saturated heterocycles. The summed E-state index contributed by atoms with van der Waals surface area (Å²) in [5, 5.41) is 0. The Morgan fingerprint density at radius 3 is 2.35 bits per heavy atom. The molecule has 0 N–H and O–H groups in total. The number of hydrogen-bond acceptors (Lipinski definition) is 3. The predicted octanol–water partition coefficient (Wildman–Crippen LogP) is 2.82. The maximum atomic E-state index is 11.7. The lowest BCUT2D eigenvalue weighted by molar-refractivity contribution is -0.141. The van der Waals surface area contributed by atoms with Gasteiger partial charge in [-0.3, -0.25) is 9.59 Å². The van der Waals surface area contributed by atoms with Crippen LogP contribution in [-0.4, -0.2) is 18.9 Å². The van der Waals surface area contributed by atoms with Gasteiger partial charge < -0.3 is 4.74 Å². The fourth-order valence-corrected chi connectivity index (χ4v) is 1.39. The molecule has 0 rings (SSSR count). The summed E-state index contributed by atoms with van der Waals surface area (Å²) >= 11 is 0. The van der Waals surface area contributed by atoms with Crippen LogP contribution < -0.4 is 0 Å². The summed E-state index contributed by atoms with van der Waals surface area (Å²) in [6.07, 6.45) is 1.23. The van der Waals surface area contributed by atoms with Crippen molar-refractivity contribution in [2.45, 2.75) is 33.1 Å². The third-order valence-electron chi connectivity index (χ3n) is 2.74. The maximum absolute atomic E-state index is 11.7. The number of methoxy groups -OCH3 is 1. The van der Waals surface area contributed by atoms with Gasteiger partial charge in [0.2, 0.25) is 0 Å². The molecule has 94 valence electrons. The molecule has 3 nitrogen and oxygen atoms in total. The van der Waals surface area contributed by atoms with Gasteiger partial charge in [-0.1, -0.05) is 18.7 Å². The first-order valence-electron chi connectivity index (χ1n) is 5.54. The van der Waals surface area contributed by atoms with Gasteiger partial charge in [0.1, 0.15) is 0 Å². The Labute approximate surface area is 103 Å². The molecule has 0 aromatic rings. The second-order valence-corrected chi connectivity index (χ2v) is 4.09. The highest BCUT2D eigenvalue weighted by Gasteiger charge is 2.17. The largest absolute Gasteiger partial charge is 0.469 e. The quantitative estimate of drug-likeness (QED) is 0.295. The third-order valence-corrected chi connectivity index (χ3v) is 2.74. The highest BCUT2D eigenvalue weighted by atomic mass is 16.5. The zero-order valence-electron chi connectivity index (χ0n) is 10.8. The Hall–Kier alpha value is -1.60. The molecule has 0 bridgehead atoms. The zero-order valence-corrected chi connectivity index (χ0v) is 10.8. The Balaban J connectivity index is 4.45. The van der Waals surface area contributed by atoms with Crippen molar-refractivity contribution in [3.05, 3.63) is 30.0 Å². The Morgan fingerprint density at radius 2 is 1.94 bits per heavy atom. The molecule has 0 radical (unpaired) electrons. The lowest BCUT2D eigenvalue weighted by Gasteiger charge is -2.15. The summed E-state index contributed by atoms with van der Waals surface area (Å²) in [4.78, 5) is 22.8. The van der Waals surface area contributed by atoms with Gasteiger partial charge in [-0.25, -0.2) is 0 Å². The van der Waals surface area contributed by atoms with E-state index in [9.17, 15) is 9.59 Å². The molecule has 0 saturated carbocycles. The van der Waals surface area contributed by atoms with Gasteiger partial charge in [-0.2, -0.15) is 0 Å². The minimum Gasteiger partial charge on any atom is -0.469 e. The third kappa shape index (κ3) is 5.88. The van der Waals surface area contributed by atoms with Crippen molar-refractivity contribution in [2.75, 3.05) is 7.11 Å². The molecule has 0 aliphatic carbocycles. The molecule has 0 unspecified atom stereocenters. The molecule has 0 amide bonds. The van der Waals surface area contributed by atoms with E-state index in [0.29, 0.717) is 24.8 Å². The first kappa shape index (κ1) is 15.4. The van der Waals surface area contributed by atoms with E-state index < -0.39 is 0 Å². The van der Waals surface area contributed by atoms with Crippen molar-refractivity contribution in [3.63, 3.8) is 0 Å². The second kappa shape index (κ2) is 7.64. The average Bonchev–Trinajstić information content (AvgIpc) is 2.31. The lowest BCUT2D eigenvalue weighted by Crippen LogP contribution is -2.12. The van der Waals surface area contributed by atoms with Gasteiger partial charge in [0, 0.05) is 18.4 Å². The van der Waals surface area contributed by atoms with Crippen molar-refractivity contribution in [1.82, 2.24) is 0 Å². The van der Waals surface area contributed by atoms with Crippen LogP contribution >= 0.6 is 0 Å². The minimum absolute atomic E-state index is 0.00198. The van der Waals surface area contributed by atoms with E-state index in [-0.39, 0.29) is 17.7 Å². The number of carbonyl (C=O) groups excluding carboxylic acids is 2. The highest BCUT2D eigenvalue weighted by Crippen LogP contribution is 2.21. The van der Waals surface area contributed by atoms with Crippen LogP contribution in [0.2, 0.25) is 0 Å². The summed E-state index contributed by atoms with van der Waals surface area (Å²) in [7, 11) is 1.36. The fraction of sp³-hybridized carbons (Fsp3) is 0.500. The summed E-state index contributed by atoms with van der Waals surface area (Å²) < 4.78 is 4.57. The summed E-state index contributed by atoms with van der Waals surface area (Å²) in [5.41, 5.74) is 4.01. The van der Waals surface area contributed by atoms with E-state index in [1.54, 1.807) is 6.92 Å². The lowest BCUT2D eigenvalue weighted by atomic mass is 9.89. The van der Waals surface area contributed by atoms with Crippen molar-refractivity contribution in [2.24, 2.45) is 5.92 Å². The number of allylic oxidation sites excluding steroid dienone is 2. The van der Waals surface area contributed by atoms with Crippen LogP contribution in [0.3, 0.4) is 0 Å².